The number of aliphatic imine (C=N–C) groups is 1. The normalized spacial score (nSPS) is 16.9. The molecule has 0 amide bonds. The zero-order valence-electron chi connectivity index (χ0n) is 16.3. The molecule has 2 aromatic rings. The Morgan fingerprint density at radius 1 is 1.34 bits per heavy atom. The van der Waals surface area contributed by atoms with Crippen molar-refractivity contribution in [3.63, 3.8) is 0 Å². The molecule has 7 nitrogen and oxygen atoms in total. The van der Waals surface area contributed by atoms with Crippen molar-refractivity contribution in [2.75, 3.05) is 13.1 Å². The topological polar surface area (TPSA) is 80.0 Å². The minimum atomic E-state index is -4.40. The van der Waals surface area contributed by atoms with Gasteiger partial charge in [-0.1, -0.05) is 6.92 Å². The van der Waals surface area contributed by atoms with Crippen molar-refractivity contribution in [3.8, 4) is 0 Å². The molecule has 0 bridgehead atoms. The van der Waals surface area contributed by atoms with E-state index in [-0.39, 0.29) is 30.0 Å². The summed E-state index contributed by atoms with van der Waals surface area (Å²) in [6.07, 6.45) is -1.44. The molecule has 0 aromatic carbocycles. The number of thiazole rings is 1. The molecule has 0 saturated carbocycles. The molecule has 1 aliphatic rings. The average molecular weight is 543 g/mol. The SMILES string of the molecule is CCNC(=NCCc1nc(C(F)(F)F)cs1)NC1CCc2nc(CC)nn2C1.I. The molecule has 0 radical (unpaired) electrons. The summed E-state index contributed by atoms with van der Waals surface area (Å²) < 4.78 is 39.8. The van der Waals surface area contributed by atoms with Crippen LogP contribution in [0.1, 0.15) is 42.6 Å². The van der Waals surface area contributed by atoms with Crippen molar-refractivity contribution in [1.82, 2.24) is 30.4 Å². The van der Waals surface area contributed by atoms with Gasteiger partial charge in [-0.25, -0.2) is 14.6 Å². The van der Waals surface area contributed by atoms with Crippen LogP contribution in [0.25, 0.3) is 0 Å². The van der Waals surface area contributed by atoms with Crippen LogP contribution in [0, 0.1) is 0 Å². The van der Waals surface area contributed by atoms with E-state index in [1.165, 1.54) is 0 Å². The molecule has 1 atom stereocenters. The Balaban J connectivity index is 0.00000300. The second-order valence-corrected chi connectivity index (χ2v) is 7.44. The van der Waals surface area contributed by atoms with Crippen LogP contribution in [0.3, 0.4) is 0 Å². The second-order valence-electron chi connectivity index (χ2n) is 6.49. The third kappa shape index (κ3) is 6.52. The predicted octanol–water partition coefficient (Wildman–Crippen LogP) is 3.05. The lowest BCUT2D eigenvalue weighted by atomic mass is 10.1. The molecule has 2 aromatic heterocycles. The van der Waals surface area contributed by atoms with Gasteiger partial charge in [0.2, 0.25) is 0 Å². The van der Waals surface area contributed by atoms with E-state index in [2.05, 4.69) is 30.7 Å². The van der Waals surface area contributed by atoms with Crippen LogP contribution >= 0.6 is 35.3 Å². The summed E-state index contributed by atoms with van der Waals surface area (Å²) >= 11 is 1.01. The third-order valence-corrected chi connectivity index (χ3v) is 5.25. The van der Waals surface area contributed by atoms with Gasteiger partial charge in [-0.05, 0) is 13.3 Å². The maximum absolute atomic E-state index is 12.6. The highest BCUT2D eigenvalue weighted by atomic mass is 127. The van der Waals surface area contributed by atoms with Gasteiger partial charge < -0.3 is 10.6 Å². The van der Waals surface area contributed by atoms with Crippen molar-refractivity contribution in [3.05, 3.63) is 27.7 Å². The van der Waals surface area contributed by atoms with Crippen molar-refractivity contribution < 1.29 is 13.2 Å². The zero-order chi connectivity index (χ0) is 20.1. The number of aromatic nitrogens is 4. The van der Waals surface area contributed by atoms with E-state index in [9.17, 15) is 13.2 Å². The minimum Gasteiger partial charge on any atom is -0.357 e. The van der Waals surface area contributed by atoms with Crippen LogP contribution in [-0.2, 0) is 32.0 Å². The number of nitrogens with zero attached hydrogens (tertiary/aromatic N) is 5. The molecule has 0 spiro atoms. The highest BCUT2D eigenvalue weighted by molar-refractivity contribution is 14.0. The molecule has 12 heteroatoms. The number of hydrogen-bond donors (Lipinski definition) is 2. The number of halogens is 4. The smallest absolute Gasteiger partial charge is 0.357 e. The van der Waals surface area contributed by atoms with Gasteiger partial charge in [-0.2, -0.15) is 18.3 Å². The number of aryl methyl sites for hydroxylation is 2. The Bertz CT molecular complexity index is 818. The number of rotatable bonds is 6. The average Bonchev–Trinajstić information content (AvgIpc) is 3.27. The molecule has 162 valence electrons. The largest absolute Gasteiger partial charge is 0.434 e. The molecule has 3 heterocycles. The third-order valence-electron chi connectivity index (χ3n) is 4.34. The van der Waals surface area contributed by atoms with E-state index in [0.29, 0.717) is 37.0 Å². The summed E-state index contributed by atoms with van der Waals surface area (Å²) in [5, 5.41) is 12.6. The van der Waals surface area contributed by atoms with Gasteiger partial charge in [-0.15, -0.1) is 35.3 Å². The Morgan fingerprint density at radius 3 is 2.79 bits per heavy atom. The van der Waals surface area contributed by atoms with Gasteiger partial charge in [0.15, 0.2) is 17.5 Å². The van der Waals surface area contributed by atoms with Gasteiger partial charge in [0.25, 0.3) is 0 Å². The summed E-state index contributed by atoms with van der Waals surface area (Å²) in [6, 6.07) is 0.174. The summed E-state index contributed by atoms with van der Waals surface area (Å²) in [6.45, 7) is 5.78. The number of guanidine groups is 1. The molecule has 0 aliphatic carbocycles. The van der Waals surface area contributed by atoms with Gasteiger partial charge in [0.05, 0.1) is 11.6 Å². The molecule has 0 fully saturated rings. The van der Waals surface area contributed by atoms with Crippen molar-refractivity contribution in [2.45, 2.75) is 58.3 Å². The van der Waals surface area contributed by atoms with Crippen molar-refractivity contribution in [2.24, 2.45) is 4.99 Å². The first kappa shape index (κ1) is 23.8. The highest BCUT2D eigenvalue weighted by Crippen LogP contribution is 2.30. The van der Waals surface area contributed by atoms with Gasteiger partial charge >= 0.3 is 6.18 Å². The minimum absolute atomic E-state index is 0. The van der Waals surface area contributed by atoms with E-state index in [0.717, 1.165) is 47.6 Å². The van der Waals surface area contributed by atoms with Crippen LogP contribution in [0.15, 0.2) is 10.4 Å². The van der Waals surface area contributed by atoms with Crippen molar-refractivity contribution in [1.29, 1.82) is 0 Å². The van der Waals surface area contributed by atoms with Crippen LogP contribution in [0.4, 0.5) is 13.2 Å². The number of nitrogens with one attached hydrogen (secondary N) is 2. The quantitative estimate of drug-likeness (QED) is 0.333. The van der Waals surface area contributed by atoms with Crippen LogP contribution < -0.4 is 10.6 Å². The first-order chi connectivity index (χ1) is 13.4. The zero-order valence-corrected chi connectivity index (χ0v) is 19.4. The van der Waals surface area contributed by atoms with Gasteiger partial charge in [-0.3, -0.25) is 4.99 Å². The molecule has 3 rings (SSSR count). The van der Waals surface area contributed by atoms with Gasteiger partial charge in [0.1, 0.15) is 5.82 Å². The summed E-state index contributed by atoms with van der Waals surface area (Å²) in [5.74, 6) is 2.53. The second kappa shape index (κ2) is 10.5. The highest BCUT2D eigenvalue weighted by Gasteiger charge is 2.33. The molecule has 2 N–H and O–H groups in total. The fourth-order valence-electron chi connectivity index (χ4n) is 2.96. The molecule has 29 heavy (non-hydrogen) atoms. The number of fused-ring (bicyclic) bond motifs is 1. The standard InChI is InChI=1S/C17H24F3N7S.HI/c1-3-13-25-14-6-5-11(9-27(14)26-13)23-16(21-4-2)22-8-7-15-24-12(10-28-15)17(18,19)20;/h10-11H,3-9H2,1-2H3,(H2,21,22,23);1H. The van der Waals surface area contributed by atoms with E-state index < -0.39 is 11.9 Å². The lowest BCUT2D eigenvalue weighted by Crippen LogP contribution is -2.47. The molecule has 1 unspecified atom stereocenters. The van der Waals surface area contributed by atoms with Crippen LogP contribution in [0.5, 0.6) is 0 Å². The van der Waals surface area contributed by atoms with Crippen LogP contribution in [0.2, 0.25) is 0 Å². The summed E-state index contributed by atoms with van der Waals surface area (Å²) in [4.78, 5) is 12.6. The monoisotopic (exact) mass is 543 g/mol. The van der Waals surface area contributed by atoms with Crippen LogP contribution in [-0.4, -0.2) is 44.8 Å². The van der Waals surface area contributed by atoms with E-state index >= 15 is 0 Å². The Labute approximate surface area is 188 Å². The Hall–Kier alpha value is -1.44. The first-order valence-corrected chi connectivity index (χ1v) is 10.3. The molecular formula is C17H25F3IN7S. The van der Waals surface area contributed by atoms with Crippen molar-refractivity contribution >= 4 is 41.3 Å². The van der Waals surface area contributed by atoms with Gasteiger partial charge in [0, 0.05) is 43.8 Å². The maximum atomic E-state index is 12.6. The fraction of sp³-hybridized carbons (Fsp3) is 0.647. The fourth-order valence-corrected chi connectivity index (χ4v) is 3.76. The lowest BCUT2D eigenvalue weighted by molar-refractivity contribution is -0.140. The molecule has 1 aliphatic heterocycles. The van der Waals surface area contributed by atoms with E-state index in [1.807, 2.05) is 18.5 Å². The van der Waals surface area contributed by atoms with E-state index in [4.69, 9.17) is 0 Å². The van der Waals surface area contributed by atoms with E-state index in [1.54, 1.807) is 0 Å². The Kier molecular flexibility index (Phi) is 8.67. The Morgan fingerprint density at radius 2 is 2.14 bits per heavy atom. The number of alkyl halides is 3. The summed E-state index contributed by atoms with van der Waals surface area (Å²) in [5.41, 5.74) is -0.834. The first-order valence-electron chi connectivity index (χ1n) is 9.38. The summed E-state index contributed by atoms with van der Waals surface area (Å²) in [7, 11) is 0. The predicted molar refractivity (Wildman–Crippen MR) is 117 cm³/mol. The molecule has 0 saturated heterocycles. The lowest BCUT2D eigenvalue weighted by Gasteiger charge is -2.25. The number of hydrogen-bond acceptors (Lipinski definition) is 5. The molecular weight excluding hydrogens is 518 g/mol. The maximum Gasteiger partial charge on any atom is 0.434 e.